The van der Waals surface area contributed by atoms with Crippen molar-refractivity contribution in [1.82, 2.24) is 0 Å². The molecule has 0 aliphatic heterocycles. The zero-order chi connectivity index (χ0) is 5.91. The first kappa shape index (κ1) is 5.94. The standard InChI is InChI=1S/C4H3N2O/c1-4(7,2-5)3-6/h7H,1H2. The minimum atomic E-state index is -2.06. The number of hydrogen-bond donors (Lipinski definition) is 1. The molecular weight excluding hydrogens is 92.1 g/mol. The Hall–Kier alpha value is -1.06. The highest BCUT2D eigenvalue weighted by Crippen LogP contribution is 1.93. The van der Waals surface area contributed by atoms with Gasteiger partial charge in [-0.25, -0.2) is 0 Å². The van der Waals surface area contributed by atoms with Gasteiger partial charge in [-0.3, -0.25) is 0 Å². The monoisotopic (exact) mass is 95.0 g/mol. The molecule has 7 heavy (non-hydrogen) atoms. The fourth-order valence-electron chi connectivity index (χ4n) is 0.0250. The van der Waals surface area contributed by atoms with Gasteiger partial charge in [0.25, 0.3) is 0 Å². The summed E-state index contributed by atoms with van der Waals surface area (Å²) < 4.78 is 0. The quantitative estimate of drug-likeness (QED) is 0.416. The van der Waals surface area contributed by atoms with E-state index in [1.807, 2.05) is 0 Å². The smallest absolute Gasteiger partial charge is 0.238 e. The Bertz CT molecular complexity index is 121. The normalized spacial score (nSPS) is 9.14. The summed E-state index contributed by atoms with van der Waals surface area (Å²) in [5.74, 6) is 0. The molecule has 35 valence electrons. The van der Waals surface area contributed by atoms with Crippen LogP contribution in [0.1, 0.15) is 0 Å². The molecule has 3 heteroatoms. The third-order valence-corrected chi connectivity index (χ3v) is 0.370. The van der Waals surface area contributed by atoms with Crippen LogP contribution in [0.15, 0.2) is 0 Å². The second-order valence-corrected chi connectivity index (χ2v) is 1.08. The van der Waals surface area contributed by atoms with Gasteiger partial charge in [-0.05, 0) is 0 Å². The average molecular weight is 95.1 g/mol. The molecule has 1 N–H and O–H groups in total. The highest BCUT2D eigenvalue weighted by Gasteiger charge is 2.16. The fourth-order valence-corrected chi connectivity index (χ4v) is 0.0250. The first-order chi connectivity index (χ1) is 3.12. The Kier molecular flexibility index (Phi) is 1.35. The van der Waals surface area contributed by atoms with Crippen LogP contribution in [0.5, 0.6) is 0 Å². The van der Waals surface area contributed by atoms with Crippen molar-refractivity contribution in [2.45, 2.75) is 5.60 Å². The molecule has 0 unspecified atom stereocenters. The molecule has 0 heterocycles. The minimum absolute atomic E-state index is 1.27. The summed E-state index contributed by atoms with van der Waals surface area (Å²) in [6.07, 6.45) is 0. The first-order valence-electron chi connectivity index (χ1n) is 1.52. The Labute approximate surface area is 41.4 Å². The molecule has 0 amide bonds. The van der Waals surface area contributed by atoms with Crippen molar-refractivity contribution >= 4 is 0 Å². The van der Waals surface area contributed by atoms with E-state index in [-0.39, 0.29) is 0 Å². The van der Waals surface area contributed by atoms with Crippen molar-refractivity contribution in [2.75, 3.05) is 0 Å². The number of nitriles is 2. The third kappa shape index (κ3) is 1.75. The molecule has 0 saturated carbocycles. The first-order valence-corrected chi connectivity index (χ1v) is 1.52. The maximum atomic E-state index is 8.30. The zero-order valence-corrected chi connectivity index (χ0v) is 3.55. The van der Waals surface area contributed by atoms with Crippen LogP contribution in [0.25, 0.3) is 0 Å². The summed E-state index contributed by atoms with van der Waals surface area (Å²) in [7, 11) is 0. The van der Waals surface area contributed by atoms with Crippen LogP contribution in [0, 0.1) is 29.6 Å². The molecule has 0 saturated heterocycles. The SMILES string of the molecule is [CH2]C(O)(C#N)C#N. The van der Waals surface area contributed by atoms with Gasteiger partial charge in [-0.2, -0.15) is 10.5 Å². The van der Waals surface area contributed by atoms with Crippen LogP contribution < -0.4 is 0 Å². The summed E-state index contributed by atoms with van der Waals surface area (Å²) in [6.45, 7) is 2.84. The Morgan fingerprint density at radius 3 is 1.71 bits per heavy atom. The average Bonchev–Trinajstić information content (AvgIpc) is 1.68. The van der Waals surface area contributed by atoms with E-state index >= 15 is 0 Å². The maximum Gasteiger partial charge on any atom is 0.238 e. The van der Waals surface area contributed by atoms with Crippen LogP contribution in [0.4, 0.5) is 0 Å². The molecule has 0 aromatic carbocycles. The molecule has 0 aliphatic rings. The minimum Gasteiger partial charge on any atom is -0.364 e. The molecule has 0 fully saturated rings. The van der Waals surface area contributed by atoms with Crippen molar-refractivity contribution in [2.24, 2.45) is 0 Å². The van der Waals surface area contributed by atoms with Gasteiger partial charge in [0, 0.05) is 6.92 Å². The van der Waals surface area contributed by atoms with E-state index in [1.54, 1.807) is 0 Å². The van der Waals surface area contributed by atoms with Gasteiger partial charge in [0.15, 0.2) is 0 Å². The van der Waals surface area contributed by atoms with Gasteiger partial charge < -0.3 is 5.11 Å². The van der Waals surface area contributed by atoms with Gasteiger partial charge in [0.05, 0.1) is 0 Å². The lowest BCUT2D eigenvalue weighted by atomic mass is 10.2. The largest absolute Gasteiger partial charge is 0.364 e. The molecule has 0 spiro atoms. The number of rotatable bonds is 0. The van der Waals surface area contributed by atoms with Gasteiger partial charge in [-0.1, -0.05) is 0 Å². The van der Waals surface area contributed by atoms with Crippen LogP contribution in [0.2, 0.25) is 0 Å². The van der Waals surface area contributed by atoms with Crippen molar-refractivity contribution in [3.63, 3.8) is 0 Å². The lowest BCUT2D eigenvalue weighted by Gasteiger charge is -1.96. The summed E-state index contributed by atoms with van der Waals surface area (Å²) in [4.78, 5) is 0. The van der Waals surface area contributed by atoms with Crippen molar-refractivity contribution in [3.05, 3.63) is 6.92 Å². The predicted molar refractivity (Wildman–Crippen MR) is 21.5 cm³/mol. The molecule has 0 aromatic heterocycles. The van der Waals surface area contributed by atoms with Crippen LogP contribution in [-0.4, -0.2) is 10.7 Å². The maximum absolute atomic E-state index is 8.30. The fraction of sp³-hybridized carbons (Fsp3) is 0.250. The summed E-state index contributed by atoms with van der Waals surface area (Å²) >= 11 is 0. The summed E-state index contributed by atoms with van der Waals surface area (Å²) in [5.41, 5.74) is -2.06. The summed E-state index contributed by atoms with van der Waals surface area (Å²) in [5, 5.41) is 23.9. The number of aliphatic hydroxyl groups is 1. The van der Waals surface area contributed by atoms with Crippen molar-refractivity contribution < 1.29 is 5.11 Å². The lowest BCUT2D eigenvalue weighted by Crippen LogP contribution is -2.17. The lowest BCUT2D eigenvalue weighted by molar-refractivity contribution is 0.207. The second kappa shape index (κ2) is 1.59. The van der Waals surface area contributed by atoms with Crippen LogP contribution in [0.3, 0.4) is 0 Å². The molecule has 0 aliphatic carbocycles. The van der Waals surface area contributed by atoms with E-state index in [0.717, 1.165) is 0 Å². The van der Waals surface area contributed by atoms with Crippen molar-refractivity contribution in [3.8, 4) is 12.1 Å². The number of nitrogens with zero attached hydrogens (tertiary/aromatic N) is 2. The van der Waals surface area contributed by atoms with E-state index in [9.17, 15) is 0 Å². The van der Waals surface area contributed by atoms with Crippen LogP contribution in [-0.2, 0) is 0 Å². The topological polar surface area (TPSA) is 67.8 Å². The Morgan fingerprint density at radius 2 is 1.71 bits per heavy atom. The Morgan fingerprint density at radius 1 is 1.43 bits per heavy atom. The van der Waals surface area contributed by atoms with Gasteiger partial charge in [0.1, 0.15) is 12.1 Å². The van der Waals surface area contributed by atoms with Gasteiger partial charge >= 0.3 is 0 Å². The van der Waals surface area contributed by atoms with E-state index in [2.05, 4.69) is 6.92 Å². The van der Waals surface area contributed by atoms with E-state index in [4.69, 9.17) is 15.6 Å². The zero-order valence-electron chi connectivity index (χ0n) is 3.55. The molecule has 0 rings (SSSR count). The molecule has 1 radical (unpaired) electrons. The Balaban J connectivity index is 4.00. The molecule has 0 aromatic rings. The summed E-state index contributed by atoms with van der Waals surface area (Å²) in [6, 6.07) is 2.55. The van der Waals surface area contributed by atoms with Gasteiger partial charge in [0.2, 0.25) is 5.60 Å². The van der Waals surface area contributed by atoms with Gasteiger partial charge in [-0.15, -0.1) is 0 Å². The molecular formula is C4H3N2O. The van der Waals surface area contributed by atoms with E-state index < -0.39 is 5.60 Å². The molecule has 0 bridgehead atoms. The molecule has 3 nitrogen and oxygen atoms in total. The van der Waals surface area contributed by atoms with Crippen molar-refractivity contribution in [1.29, 1.82) is 10.5 Å². The molecule has 0 atom stereocenters. The van der Waals surface area contributed by atoms with Crippen LogP contribution >= 0.6 is 0 Å². The number of hydrogen-bond acceptors (Lipinski definition) is 3. The highest BCUT2D eigenvalue weighted by molar-refractivity contribution is 5.17. The predicted octanol–water partition coefficient (Wildman–Crippen LogP) is -0.401. The van der Waals surface area contributed by atoms with E-state index in [1.165, 1.54) is 12.1 Å². The third-order valence-electron chi connectivity index (χ3n) is 0.370. The van der Waals surface area contributed by atoms with E-state index in [0.29, 0.717) is 0 Å². The highest BCUT2D eigenvalue weighted by atomic mass is 16.3. The second-order valence-electron chi connectivity index (χ2n) is 1.08.